The van der Waals surface area contributed by atoms with E-state index in [-0.39, 0.29) is 11.6 Å². The van der Waals surface area contributed by atoms with Crippen molar-refractivity contribution in [2.75, 3.05) is 0 Å². The summed E-state index contributed by atoms with van der Waals surface area (Å²) in [6, 6.07) is 7.17. The van der Waals surface area contributed by atoms with Crippen LogP contribution in [0.4, 0.5) is 0 Å². The lowest BCUT2D eigenvalue weighted by Crippen LogP contribution is -2.31. The van der Waals surface area contributed by atoms with E-state index in [9.17, 15) is 9.90 Å². The summed E-state index contributed by atoms with van der Waals surface area (Å²) in [5.41, 5.74) is 2.04. The van der Waals surface area contributed by atoms with Crippen LogP contribution in [0.2, 0.25) is 0 Å². The van der Waals surface area contributed by atoms with Crippen molar-refractivity contribution in [3.8, 4) is 5.75 Å². The molecule has 0 atom stereocenters. The number of rotatable bonds is 4. The Bertz CT molecular complexity index is 566. The topological polar surface area (TPSA) is 46.5 Å². The summed E-state index contributed by atoms with van der Waals surface area (Å²) in [5.74, 6) is 0.0683. The van der Waals surface area contributed by atoms with Crippen molar-refractivity contribution >= 4 is 11.5 Å². The summed E-state index contributed by atoms with van der Waals surface area (Å²) >= 11 is 0. The summed E-state index contributed by atoms with van der Waals surface area (Å²) in [4.78, 5) is 11.3. The Morgan fingerprint density at radius 1 is 1.22 bits per heavy atom. The quantitative estimate of drug-likeness (QED) is 0.609. The number of hydrogen-bond donors (Lipinski definition) is 1. The Balaban J connectivity index is 0.000000238. The molecule has 3 nitrogen and oxygen atoms in total. The molecular weight excluding hydrogens is 288 g/mol. The third-order valence-electron chi connectivity index (χ3n) is 4.18. The first-order chi connectivity index (χ1) is 10.8. The van der Waals surface area contributed by atoms with Crippen molar-refractivity contribution in [3.05, 3.63) is 48.6 Å². The molecule has 0 unspecified atom stereocenters. The van der Waals surface area contributed by atoms with Gasteiger partial charge in [-0.25, -0.2) is 4.79 Å². The molecule has 0 saturated heterocycles. The van der Waals surface area contributed by atoms with Crippen LogP contribution in [0.1, 0.15) is 58.4 Å². The van der Waals surface area contributed by atoms with Crippen LogP contribution in [-0.4, -0.2) is 16.7 Å². The van der Waals surface area contributed by atoms with E-state index >= 15 is 0 Å². The first-order valence-corrected chi connectivity index (χ1v) is 8.14. The third kappa shape index (κ3) is 5.59. The highest BCUT2D eigenvalue weighted by Gasteiger charge is 2.35. The second-order valence-corrected chi connectivity index (χ2v) is 6.21. The van der Waals surface area contributed by atoms with Gasteiger partial charge in [0.05, 0.1) is 0 Å². The standard InChI is InChI=1S/C11H18O2.C9H10O/c1-4-11(7-5-6-8-11)13-10(12)9(2)3;1-7(2)8-5-3-4-6-9(8)10/h2,4-8H2,1,3H3;3-6,10H,1H2,2H3. The molecule has 0 aromatic heterocycles. The molecule has 1 aliphatic rings. The molecule has 0 heterocycles. The van der Waals surface area contributed by atoms with Gasteiger partial charge in [0.15, 0.2) is 0 Å². The van der Waals surface area contributed by atoms with Gasteiger partial charge in [0.1, 0.15) is 11.4 Å². The average Bonchev–Trinajstić information content (AvgIpc) is 2.97. The van der Waals surface area contributed by atoms with Crippen molar-refractivity contribution in [2.45, 2.75) is 58.5 Å². The van der Waals surface area contributed by atoms with Gasteiger partial charge in [-0.05, 0) is 57.6 Å². The molecule has 0 radical (unpaired) electrons. The van der Waals surface area contributed by atoms with Gasteiger partial charge >= 0.3 is 5.97 Å². The lowest BCUT2D eigenvalue weighted by molar-refractivity contribution is -0.154. The first kappa shape index (κ1) is 19.0. The number of allylic oxidation sites excluding steroid dienone is 1. The van der Waals surface area contributed by atoms with Crippen molar-refractivity contribution in [2.24, 2.45) is 0 Å². The van der Waals surface area contributed by atoms with Gasteiger partial charge in [0.2, 0.25) is 0 Å². The Morgan fingerprint density at radius 2 is 1.78 bits per heavy atom. The molecule has 1 aromatic rings. The zero-order chi connectivity index (χ0) is 17.5. The Hall–Kier alpha value is -2.03. The van der Waals surface area contributed by atoms with E-state index in [2.05, 4.69) is 20.1 Å². The third-order valence-corrected chi connectivity index (χ3v) is 4.18. The predicted molar refractivity (Wildman–Crippen MR) is 95.2 cm³/mol. The van der Waals surface area contributed by atoms with Crippen molar-refractivity contribution in [1.82, 2.24) is 0 Å². The lowest BCUT2D eigenvalue weighted by Gasteiger charge is -2.27. The van der Waals surface area contributed by atoms with Crippen LogP contribution >= 0.6 is 0 Å². The fourth-order valence-corrected chi connectivity index (χ4v) is 2.67. The second-order valence-electron chi connectivity index (χ2n) is 6.21. The Labute approximate surface area is 139 Å². The van der Waals surface area contributed by atoms with Gasteiger partial charge in [-0.1, -0.05) is 38.3 Å². The normalized spacial score (nSPS) is 15.3. The molecule has 0 spiro atoms. The number of para-hydroxylation sites is 1. The van der Waals surface area contributed by atoms with Crippen LogP contribution in [0.15, 0.2) is 43.0 Å². The number of phenols is 1. The van der Waals surface area contributed by atoms with Gasteiger partial charge < -0.3 is 9.84 Å². The van der Waals surface area contributed by atoms with Crippen molar-refractivity contribution < 1.29 is 14.6 Å². The molecule has 0 aliphatic heterocycles. The number of aromatic hydroxyl groups is 1. The maximum Gasteiger partial charge on any atom is 0.333 e. The second kappa shape index (κ2) is 8.56. The number of ether oxygens (including phenoxy) is 1. The molecular formula is C20H28O3. The smallest absolute Gasteiger partial charge is 0.333 e. The van der Waals surface area contributed by atoms with E-state index in [0.717, 1.165) is 30.4 Å². The fraction of sp³-hybridized carbons (Fsp3) is 0.450. The molecule has 1 aromatic carbocycles. The van der Waals surface area contributed by atoms with Gasteiger partial charge in [0, 0.05) is 11.1 Å². The maximum absolute atomic E-state index is 11.3. The molecule has 0 bridgehead atoms. The van der Waals surface area contributed by atoms with Gasteiger partial charge in [-0.15, -0.1) is 0 Å². The number of esters is 1. The van der Waals surface area contributed by atoms with E-state index in [1.807, 2.05) is 19.1 Å². The number of carbonyl (C=O) groups excluding carboxylic acids is 1. The highest BCUT2D eigenvalue weighted by atomic mass is 16.6. The van der Waals surface area contributed by atoms with Crippen LogP contribution in [0.25, 0.3) is 5.57 Å². The number of benzene rings is 1. The van der Waals surface area contributed by atoms with Crippen LogP contribution in [-0.2, 0) is 9.53 Å². The molecule has 0 amide bonds. The molecule has 1 N–H and O–H groups in total. The Kier molecular flexibility index (Phi) is 7.08. The molecule has 1 fully saturated rings. The van der Waals surface area contributed by atoms with E-state index in [1.54, 1.807) is 19.1 Å². The summed E-state index contributed by atoms with van der Waals surface area (Å²) in [6.07, 6.45) is 5.31. The van der Waals surface area contributed by atoms with E-state index < -0.39 is 0 Å². The SMILES string of the molecule is C=C(C)C(=O)OC1(CC)CCCC1.C=C(C)c1ccccc1O. The molecule has 1 saturated carbocycles. The summed E-state index contributed by atoms with van der Waals surface area (Å²) in [6.45, 7) is 13.0. The average molecular weight is 316 g/mol. The van der Waals surface area contributed by atoms with Crippen LogP contribution < -0.4 is 0 Å². The lowest BCUT2D eigenvalue weighted by atomic mass is 9.99. The monoisotopic (exact) mass is 316 g/mol. The number of phenolic OH excluding ortho intramolecular Hbond substituents is 1. The molecule has 23 heavy (non-hydrogen) atoms. The minimum absolute atomic E-state index is 0.171. The molecule has 2 rings (SSSR count). The van der Waals surface area contributed by atoms with Crippen LogP contribution in [0.5, 0.6) is 5.75 Å². The van der Waals surface area contributed by atoms with Crippen molar-refractivity contribution in [3.63, 3.8) is 0 Å². The van der Waals surface area contributed by atoms with Crippen LogP contribution in [0, 0.1) is 0 Å². The Morgan fingerprint density at radius 3 is 2.17 bits per heavy atom. The minimum atomic E-state index is -0.233. The fourth-order valence-electron chi connectivity index (χ4n) is 2.67. The summed E-state index contributed by atoms with van der Waals surface area (Å²) in [7, 11) is 0. The van der Waals surface area contributed by atoms with Gasteiger partial charge in [-0.2, -0.15) is 0 Å². The highest BCUT2D eigenvalue weighted by molar-refractivity contribution is 5.87. The first-order valence-electron chi connectivity index (χ1n) is 8.14. The largest absolute Gasteiger partial charge is 0.507 e. The maximum atomic E-state index is 11.3. The minimum Gasteiger partial charge on any atom is -0.507 e. The van der Waals surface area contributed by atoms with E-state index in [0.29, 0.717) is 11.3 Å². The zero-order valence-corrected chi connectivity index (χ0v) is 14.5. The van der Waals surface area contributed by atoms with Gasteiger partial charge in [-0.3, -0.25) is 0 Å². The summed E-state index contributed by atoms with van der Waals surface area (Å²) < 4.78 is 5.47. The molecule has 1 aliphatic carbocycles. The molecule has 126 valence electrons. The highest BCUT2D eigenvalue weighted by Crippen LogP contribution is 2.36. The van der Waals surface area contributed by atoms with E-state index in [4.69, 9.17) is 4.74 Å². The van der Waals surface area contributed by atoms with Crippen molar-refractivity contribution in [1.29, 1.82) is 0 Å². The van der Waals surface area contributed by atoms with Crippen LogP contribution in [0.3, 0.4) is 0 Å². The molecule has 3 heteroatoms. The van der Waals surface area contributed by atoms with Gasteiger partial charge in [0.25, 0.3) is 0 Å². The van der Waals surface area contributed by atoms with E-state index in [1.165, 1.54) is 12.8 Å². The summed E-state index contributed by atoms with van der Waals surface area (Å²) in [5, 5.41) is 9.22. The number of hydrogen-bond acceptors (Lipinski definition) is 3. The predicted octanol–water partition coefficient (Wildman–Crippen LogP) is 5.25. The number of carbonyl (C=O) groups is 1. The zero-order valence-electron chi connectivity index (χ0n) is 14.5.